The number of nitrogens with one attached hydrogen (secondary N) is 1. The van der Waals surface area contributed by atoms with Crippen molar-refractivity contribution in [1.29, 1.82) is 0 Å². The molecule has 8 nitrogen and oxygen atoms in total. The largest absolute Gasteiger partial charge is 0.341 e. The fraction of sp³-hybridized carbons (Fsp3) is 0.750. The molecule has 0 atom stereocenters. The van der Waals surface area contributed by atoms with Gasteiger partial charge >= 0.3 is 6.03 Å². The fourth-order valence-electron chi connectivity index (χ4n) is 2.80. The van der Waals surface area contributed by atoms with Crippen LogP contribution in [0.2, 0.25) is 0 Å². The number of hydrogen-bond acceptors (Lipinski definition) is 5. The Morgan fingerprint density at radius 3 is 2.48 bits per heavy atom. The molecule has 2 amide bonds. The molecule has 0 unspecified atom stereocenters. The average molecular weight is 425 g/mol. The SMILES string of the molecule is CCC/C=N\C(=N/C)N1CCN(CCNC(=O)/N=C(/C)SCC(=O)CCC)CC1. The Balaban J connectivity index is 2.26. The van der Waals surface area contributed by atoms with Gasteiger partial charge in [-0.15, -0.1) is 11.8 Å². The van der Waals surface area contributed by atoms with Crippen molar-refractivity contribution in [2.45, 2.75) is 46.5 Å². The van der Waals surface area contributed by atoms with Crippen molar-refractivity contribution in [2.24, 2.45) is 15.0 Å². The summed E-state index contributed by atoms with van der Waals surface area (Å²) in [5.41, 5.74) is 0. The topological polar surface area (TPSA) is 89.7 Å². The molecule has 0 bridgehead atoms. The Morgan fingerprint density at radius 1 is 1.14 bits per heavy atom. The molecule has 0 radical (unpaired) electrons. The summed E-state index contributed by atoms with van der Waals surface area (Å²) in [6, 6.07) is -0.345. The van der Waals surface area contributed by atoms with Crippen LogP contribution in [0.4, 0.5) is 4.79 Å². The summed E-state index contributed by atoms with van der Waals surface area (Å²) >= 11 is 1.33. The smallest absolute Gasteiger partial charge is 0.339 e. The number of thioether (sulfide) groups is 1. The molecule has 1 fully saturated rings. The number of hydrogen-bond donors (Lipinski definition) is 1. The number of urea groups is 1. The molecule has 0 spiro atoms. The van der Waals surface area contributed by atoms with Crippen LogP contribution in [0.15, 0.2) is 15.0 Å². The van der Waals surface area contributed by atoms with Crippen molar-refractivity contribution in [2.75, 3.05) is 52.1 Å². The van der Waals surface area contributed by atoms with E-state index in [1.54, 1.807) is 14.0 Å². The molecule has 0 saturated carbocycles. The van der Waals surface area contributed by atoms with Crippen LogP contribution >= 0.6 is 11.8 Å². The summed E-state index contributed by atoms with van der Waals surface area (Å²) in [5.74, 6) is 1.37. The van der Waals surface area contributed by atoms with Crippen LogP contribution in [0.5, 0.6) is 0 Å². The van der Waals surface area contributed by atoms with E-state index in [9.17, 15) is 9.59 Å². The number of aliphatic imine (C=N–C) groups is 3. The molecule has 0 aromatic carbocycles. The van der Waals surface area contributed by atoms with Gasteiger partial charge in [-0.25, -0.2) is 9.79 Å². The number of carbonyl (C=O) groups excluding carboxylic acids is 2. The average Bonchev–Trinajstić information content (AvgIpc) is 2.71. The Kier molecular flexibility index (Phi) is 13.2. The summed E-state index contributed by atoms with van der Waals surface area (Å²) in [6.45, 7) is 10.8. The monoisotopic (exact) mass is 424 g/mol. The van der Waals surface area contributed by atoms with Crippen LogP contribution < -0.4 is 5.32 Å². The van der Waals surface area contributed by atoms with Gasteiger partial charge in [-0.1, -0.05) is 20.3 Å². The third-order valence-electron chi connectivity index (χ3n) is 4.41. The Bertz CT molecular complexity index is 598. The van der Waals surface area contributed by atoms with E-state index in [0.717, 1.165) is 57.9 Å². The van der Waals surface area contributed by atoms with E-state index in [0.29, 0.717) is 23.8 Å². The van der Waals surface area contributed by atoms with Crippen LogP contribution in [0.1, 0.15) is 46.5 Å². The molecule has 1 heterocycles. The van der Waals surface area contributed by atoms with E-state index in [1.165, 1.54) is 11.8 Å². The maximum Gasteiger partial charge on any atom is 0.341 e. The van der Waals surface area contributed by atoms with Gasteiger partial charge in [0, 0.05) is 59.0 Å². The number of ketones is 1. The van der Waals surface area contributed by atoms with Crippen molar-refractivity contribution < 1.29 is 9.59 Å². The summed E-state index contributed by atoms with van der Waals surface area (Å²) in [5, 5.41) is 3.45. The number of rotatable bonds is 9. The number of piperazine rings is 1. The molecule has 1 rings (SSSR count). The second-order valence-corrected chi connectivity index (χ2v) is 8.06. The minimum absolute atomic E-state index is 0.193. The first-order chi connectivity index (χ1) is 14.0. The minimum atomic E-state index is -0.345. The molecular formula is C20H36N6O2S. The molecule has 1 saturated heterocycles. The normalized spacial score (nSPS) is 16.5. The number of unbranched alkanes of at least 4 members (excludes halogenated alkanes) is 1. The van der Waals surface area contributed by atoms with Crippen LogP contribution in [-0.2, 0) is 4.79 Å². The number of amides is 2. The van der Waals surface area contributed by atoms with Crippen molar-refractivity contribution in [3.05, 3.63) is 0 Å². The lowest BCUT2D eigenvalue weighted by atomic mass is 10.3. The highest BCUT2D eigenvalue weighted by molar-refractivity contribution is 8.14. The number of guanidine groups is 1. The van der Waals surface area contributed by atoms with E-state index in [-0.39, 0.29) is 11.8 Å². The van der Waals surface area contributed by atoms with E-state index in [4.69, 9.17) is 0 Å². The third kappa shape index (κ3) is 11.1. The van der Waals surface area contributed by atoms with Gasteiger partial charge in [0.2, 0.25) is 5.96 Å². The summed E-state index contributed by atoms with van der Waals surface area (Å²) < 4.78 is 0. The standard InChI is InChI=1S/C20H36N6O2S/c1-5-7-9-22-19(21-4)26-14-12-25(13-15-26)11-10-23-20(28)24-17(3)29-16-18(27)8-6-2/h9H,5-8,10-16H2,1-4H3,(H,23,28)/b21-19+,22-9-,24-17-. The molecule has 164 valence electrons. The van der Waals surface area contributed by atoms with Gasteiger partial charge in [0.25, 0.3) is 0 Å². The second-order valence-electron chi connectivity index (χ2n) is 6.89. The van der Waals surface area contributed by atoms with Crippen molar-refractivity contribution >= 4 is 40.8 Å². The van der Waals surface area contributed by atoms with Crippen LogP contribution in [0, 0.1) is 0 Å². The Morgan fingerprint density at radius 2 is 1.86 bits per heavy atom. The van der Waals surface area contributed by atoms with Gasteiger partial charge < -0.3 is 10.2 Å². The molecule has 0 aromatic rings. The predicted octanol–water partition coefficient (Wildman–Crippen LogP) is 2.69. The number of carbonyl (C=O) groups is 2. The number of nitrogens with zero attached hydrogens (tertiary/aromatic N) is 5. The zero-order valence-corrected chi connectivity index (χ0v) is 19.1. The predicted molar refractivity (Wildman–Crippen MR) is 124 cm³/mol. The molecule has 1 aliphatic rings. The van der Waals surface area contributed by atoms with Gasteiger partial charge in [0.05, 0.1) is 10.8 Å². The quantitative estimate of drug-likeness (QED) is 0.454. The fourth-order valence-corrected chi connectivity index (χ4v) is 3.46. The molecular weight excluding hydrogens is 388 g/mol. The van der Waals surface area contributed by atoms with Crippen molar-refractivity contribution in [1.82, 2.24) is 15.1 Å². The molecule has 0 aromatic heterocycles. The first-order valence-electron chi connectivity index (χ1n) is 10.4. The van der Waals surface area contributed by atoms with Gasteiger partial charge in [0.1, 0.15) is 5.78 Å². The lowest BCUT2D eigenvalue weighted by Gasteiger charge is -2.35. The van der Waals surface area contributed by atoms with Crippen molar-refractivity contribution in [3.63, 3.8) is 0 Å². The molecule has 29 heavy (non-hydrogen) atoms. The van der Waals surface area contributed by atoms with Gasteiger partial charge in [-0.3, -0.25) is 14.7 Å². The van der Waals surface area contributed by atoms with E-state index in [2.05, 4.69) is 37.0 Å². The maximum absolute atomic E-state index is 11.9. The Labute approximate surface area is 179 Å². The van der Waals surface area contributed by atoms with Crippen molar-refractivity contribution in [3.8, 4) is 0 Å². The second kappa shape index (κ2) is 15.1. The van der Waals surface area contributed by atoms with Crippen LogP contribution in [-0.4, -0.2) is 90.9 Å². The Hall–Kier alpha value is -1.74. The van der Waals surface area contributed by atoms with Gasteiger partial charge in [0.15, 0.2) is 0 Å². The lowest BCUT2D eigenvalue weighted by molar-refractivity contribution is -0.116. The third-order valence-corrected chi connectivity index (χ3v) is 5.39. The number of Topliss-reactive ketones (excluding diaryl/α,β-unsaturated/α-hetero) is 1. The first-order valence-corrected chi connectivity index (χ1v) is 11.4. The van der Waals surface area contributed by atoms with Gasteiger partial charge in [-0.2, -0.15) is 4.99 Å². The summed E-state index contributed by atoms with van der Waals surface area (Å²) in [7, 11) is 1.78. The summed E-state index contributed by atoms with van der Waals surface area (Å²) in [6.07, 6.45) is 5.41. The first kappa shape index (κ1) is 25.3. The van der Waals surface area contributed by atoms with Crippen LogP contribution in [0.25, 0.3) is 0 Å². The van der Waals surface area contributed by atoms with Gasteiger partial charge in [-0.05, 0) is 19.8 Å². The minimum Gasteiger partial charge on any atom is -0.339 e. The molecule has 1 N–H and O–H groups in total. The summed E-state index contributed by atoms with van der Waals surface area (Å²) in [4.78, 5) is 40.7. The highest BCUT2D eigenvalue weighted by Crippen LogP contribution is 2.07. The highest BCUT2D eigenvalue weighted by atomic mass is 32.2. The van der Waals surface area contributed by atoms with E-state index < -0.39 is 0 Å². The molecule has 0 aliphatic carbocycles. The zero-order valence-electron chi connectivity index (χ0n) is 18.3. The highest BCUT2D eigenvalue weighted by Gasteiger charge is 2.18. The zero-order chi connectivity index (χ0) is 21.5. The molecule has 1 aliphatic heterocycles. The van der Waals surface area contributed by atoms with E-state index >= 15 is 0 Å². The lowest BCUT2D eigenvalue weighted by Crippen LogP contribution is -2.49. The van der Waals surface area contributed by atoms with E-state index in [1.807, 2.05) is 13.1 Å². The molecule has 9 heteroatoms. The van der Waals surface area contributed by atoms with Crippen LogP contribution in [0.3, 0.4) is 0 Å². The maximum atomic E-state index is 11.9.